The number of ether oxygens (including phenoxy) is 2. The van der Waals surface area contributed by atoms with Gasteiger partial charge in [-0.25, -0.2) is 0 Å². The van der Waals surface area contributed by atoms with Crippen LogP contribution in [0, 0.1) is 18.3 Å². The number of nitrogens with two attached hydrogens (primary N) is 1. The summed E-state index contributed by atoms with van der Waals surface area (Å²) in [6.45, 7) is 1.70. The minimum atomic E-state index is -0.408. The molecule has 4 N–H and O–H groups in total. The van der Waals surface area contributed by atoms with Gasteiger partial charge in [-0.1, -0.05) is 23.7 Å². The SMILES string of the molecule is Cc1[nH]nc2c1C(c1ccc(OCC(=O)Nc3ccc(Cl)cc3)cc1)C(C#N)=C(N)O2. The van der Waals surface area contributed by atoms with Gasteiger partial charge in [-0.05, 0) is 48.9 Å². The molecule has 1 aliphatic heterocycles. The fourth-order valence-electron chi connectivity index (χ4n) is 3.37. The van der Waals surface area contributed by atoms with Gasteiger partial charge >= 0.3 is 0 Å². The first-order valence-corrected chi connectivity index (χ1v) is 9.74. The van der Waals surface area contributed by atoms with E-state index in [0.29, 0.717) is 27.9 Å². The molecule has 2 aromatic carbocycles. The number of rotatable bonds is 5. The monoisotopic (exact) mass is 435 g/mol. The number of amides is 1. The van der Waals surface area contributed by atoms with Crippen molar-refractivity contribution in [1.82, 2.24) is 10.2 Å². The quantitative estimate of drug-likeness (QED) is 0.562. The van der Waals surface area contributed by atoms with Crippen LogP contribution in [0.4, 0.5) is 5.69 Å². The Morgan fingerprint density at radius 2 is 2.00 bits per heavy atom. The van der Waals surface area contributed by atoms with E-state index in [1.165, 1.54) is 0 Å². The van der Waals surface area contributed by atoms with Crippen LogP contribution >= 0.6 is 11.6 Å². The minimum Gasteiger partial charge on any atom is -0.484 e. The second kappa shape index (κ2) is 8.42. The second-order valence-electron chi connectivity index (χ2n) is 6.91. The first kappa shape index (κ1) is 20.3. The first-order chi connectivity index (χ1) is 15.0. The van der Waals surface area contributed by atoms with Gasteiger partial charge in [-0.3, -0.25) is 9.89 Å². The normalized spacial score (nSPS) is 14.9. The third-order valence-corrected chi connectivity index (χ3v) is 5.09. The summed E-state index contributed by atoms with van der Waals surface area (Å²) in [5.74, 6) is 0.206. The third-order valence-electron chi connectivity index (χ3n) is 4.84. The van der Waals surface area contributed by atoms with Gasteiger partial charge in [-0.2, -0.15) is 5.26 Å². The highest BCUT2D eigenvalue weighted by molar-refractivity contribution is 6.30. The first-order valence-electron chi connectivity index (χ1n) is 9.37. The summed E-state index contributed by atoms with van der Waals surface area (Å²) in [5, 5.41) is 19.9. The van der Waals surface area contributed by atoms with Crippen LogP contribution in [0.5, 0.6) is 11.6 Å². The molecular weight excluding hydrogens is 418 g/mol. The van der Waals surface area contributed by atoms with Crippen LogP contribution in [0.3, 0.4) is 0 Å². The zero-order valence-electron chi connectivity index (χ0n) is 16.5. The maximum atomic E-state index is 12.1. The van der Waals surface area contributed by atoms with Crippen LogP contribution in [0.1, 0.15) is 22.7 Å². The van der Waals surface area contributed by atoms with E-state index >= 15 is 0 Å². The summed E-state index contributed by atoms with van der Waals surface area (Å²) < 4.78 is 11.0. The number of allylic oxidation sites excluding steroid dienone is 1. The van der Waals surface area contributed by atoms with Crippen molar-refractivity contribution in [2.24, 2.45) is 5.73 Å². The summed E-state index contributed by atoms with van der Waals surface area (Å²) >= 11 is 5.84. The molecule has 0 radical (unpaired) electrons. The van der Waals surface area contributed by atoms with Gasteiger partial charge < -0.3 is 20.5 Å². The highest BCUT2D eigenvalue weighted by Gasteiger charge is 2.34. The van der Waals surface area contributed by atoms with Gasteiger partial charge in [0.25, 0.3) is 5.91 Å². The summed E-state index contributed by atoms with van der Waals surface area (Å²) in [6.07, 6.45) is 0. The molecule has 0 spiro atoms. The largest absolute Gasteiger partial charge is 0.484 e. The fraction of sp³-hybridized carbons (Fsp3) is 0.136. The molecule has 0 saturated carbocycles. The third kappa shape index (κ3) is 4.17. The van der Waals surface area contributed by atoms with Crippen LogP contribution in [0.2, 0.25) is 5.02 Å². The lowest BCUT2D eigenvalue weighted by Gasteiger charge is -2.23. The number of nitrogens with zero attached hydrogens (tertiary/aromatic N) is 2. The topological polar surface area (TPSA) is 126 Å². The number of fused-ring (bicyclic) bond motifs is 1. The summed E-state index contributed by atoms with van der Waals surface area (Å²) in [4.78, 5) is 12.1. The van der Waals surface area contributed by atoms with E-state index in [-0.39, 0.29) is 18.4 Å². The minimum absolute atomic E-state index is 0.0331. The van der Waals surface area contributed by atoms with E-state index in [9.17, 15) is 10.1 Å². The Labute approximate surface area is 183 Å². The number of aromatic amines is 1. The summed E-state index contributed by atoms with van der Waals surface area (Å²) in [5.41, 5.74) is 9.26. The van der Waals surface area contributed by atoms with Crippen molar-refractivity contribution in [3.63, 3.8) is 0 Å². The molecule has 2 heterocycles. The van der Waals surface area contributed by atoms with Crippen LogP contribution in [-0.4, -0.2) is 22.7 Å². The van der Waals surface area contributed by atoms with Gasteiger partial charge in [-0.15, -0.1) is 5.10 Å². The number of carbonyl (C=O) groups is 1. The smallest absolute Gasteiger partial charge is 0.262 e. The molecule has 9 heteroatoms. The molecule has 31 heavy (non-hydrogen) atoms. The van der Waals surface area contributed by atoms with Crippen LogP contribution in [-0.2, 0) is 4.79 Å². The Balaban J connectivity index is 1.47. The molecule has 1 aromatic heterocycles. The van der Waals surface area contributed by atoms with Gasteiger partial charge in [0, 0.05) is 22.0 Å². The lowest BCUT2D eigenvalue weighted by molar-refractivity contribution is -0.118. The van der Waals surface area contributed by atoms with Crippen molar-refractivity contribution in [2.45, 2.75) is 12.8 Å². The molecule has 156 valence electrons. The van der Waals surface area contributed by atoms with Gasteiger partial charge in [0.05, 0.1) is 5.92 Å². The maximum absolute atomic E-state index is 12.1. The predicted octanol–water partition coefficient (Wildman–Crippen LogP) is 3.61. The molecule has 0 fully saturated rings. The number of anilines is 1. The molecule has 8 nitrogen and oxygen atoms in total. The van der Waals surface area contributed by atoms with E-state index in [0.717, 1.165) is 16.8 Å². The zero-order chi connectivity index (χ0) is 22.0. The molecule has 1 aliphatic rings. The Morgan fingerprint density at radius 1 is 1.29 bits per heavy atom. The van der Waals surface area contributed by atoms with Crippen molar-refractivity contribution in [2.75, 3.05) is 11.9 Å². The van der Waals surface area contributed by atoms with Gasteiger partial charge in [0.1, 0.15) is 17.4 Å². The number of hydrogen-bond acceptors (Lipinski definition) is 6. The summed E-state index contributed by atoms with van der Waals surface area (Å²) in [6, 6.07) is 16.1. The average Bonchev–Trinajstić information content (AvgIpc) is 3.13. The molecule has 0 saturated heterocycles. The molecule has 1 atom stereocenters. The van der Waals surface area contributed by atoms with E-state index in [1.807, 2.05) is 19.1 Å². The average molecular weight is 436 g/mol. The number of nitrogens with one attached hydrogen (secondary N) is 2. The predicted molar refractivity (Wildman–Crippen MR) is 115 cm³/mol. The molecular formula is C22H18ClN5O3. The van der Waals surface area contributed by atoms with Crippen molar-refractivity contribution in [3.05, 3.63) is 81.8 Å². The Kier molecular flexibility index (Phi) is 5.52. The Hall–Kier alpha value is -3.96. The maximum Gasteiger partial charge on any atom is 0.262 e. The highest BCUT2D eigenvalue weighted by Crippen LogP contribution is 2.42. The number of halogens is 1. The van der Waals surface area contributed by atoms with E-state index in [4.69, 9.17) is 26.8 Å². The molecule has 4 rings (SSSR count). The van der Waals surface area contributed by atoms with Crippen molar-refractivity contribution >= 4 is 23.2 Å². The number of H-pyrrole nitrogens is 1. The standard InChI is InChI=1S/C22H18ClN5O3/c1-12-19-20(17(10-24)21(25)31-22(19)28-27-12)13-2-8-16(9-3-13)30-11-18(29)26-15-6-4-14(23)5-7-15/h2-9,20H,11,25H2,1H3,(H,26,29)(H,27,28). The molecule has 1 unspecified atom stereocenters. The Morgan fingerprint density at radius 3 is 2.68 bits per heavy atom. The number of nitriles is 1. The molecule has 0 aliphatic carbocycles. The molecule has 3 aromatic rings. The number of aryl methyl sites for hydroxylation is 1. The fourth-order valence-corrected chi connectivity index (χ4v) is 3.49. The van der Waals surface area contributed by atoms with Crippen LogP contribution in [0.15, 0.2) is 60.0 Å². The molecule has 0 bridgehead atoms. The van der Waals surface area contributed by atoms with E-state index < -0.39 is 5.92 Å². The summed E-state index contributed by atoms with van der Waals surface area (Å²) in [7, 11) is 0. The number of carbonyl (C=O) groups excluding carboxylic acids is 1. The number of aromatic nitrogens is 2. The van der Waals surface area contributed by atoms with Crippen LogP contribution in [0.25, 0.3) is 0 Å². The van der Waals surface area contributed by atoms with Gasteiger partial charge in [0.2, 0.25) is 11.8 Å². The van der Waals surface area contributed by atoms with E-state index in [1.54, 1.807) is 36.4 Å². The van der Waals surface area contributed by atoms with Crippen LogP contribution < -0.4 is 20.5 Å². The second-order valence-corrected chi connectivity index (χ2v) is 7.34. The van der Waals surface area contributed by atoms with Crippen molar-refractivity contribution < 1.29 is 14.3 Å². The van der Waals surface area contributed by atoms with Gasteiger partial charge in [0.15, 0.2) is 6.61 Å². The molecule has 1 amide bonds. The number of hydrogen-bond donors (Lipinski definition) is 3. The van der Waals surface area contributed by atoms with E-state index in [2.05, 4.69) is 21.6 Å². The highest BCUT2D eigenvalue weighted by atomic mass is 35.5. The lowest BCUT2D eigenvalue weighted by atomic mass is 9.84. The zero-order valence-corrected chi connectivity index (χ0v) is 17.2. The Bertz CT molecular complexity index is 1190. The lowest BCUT2D eigenvalue weighted by Crippen LogP contribution is -2.21. The van der Waals surface area contributed by atoms with Crippen molar-refractivity contribution in [3.8, 4) is 17.7 Å². The number of benzene rings is 2. The van der Waals surface area contributed by atoms with Crippen molar-refractivity contribution in [1.29, 1.82) is 5.26 Å².